The second-order valence-corrected chi connectivity index (χ2v) is 6.66. The molecule has 0 fully saturated rings. The summed E-state index contributed by atoms with van der Waals surface area (Å²) in [5.74, 6) is 0.651. The zero-order valence-corrected chi connectivity index (χ0v) is 15.7. The Morgan fingerprint density at radius 3 is 2.54 bits per heavy atom. The van der Waals surface area contributed by atoms with E-state index in [0.717, 1.165) is 5.56 Å². The van der Waals surface area contributed by atoms with Crippen LogP contribution in [0.2, 0.25) is 0 Å². The van der Waals surface area contributed by atoms with E-state index in [2.05, 4.69) is 20.1 Å². The highest BCUT2D eigenvalue weighted by Crippen LogP contribution is 2.28. The van der Waals surface area contributed by atoms with Crippen LogP contribution in [-0.4, -0.2) is 46.0 Å². The molecule has 9 heteroatoms. The molecule has 0 amide bonds. The van der Waals surface area contributed by atoms with E-state index in [1.807, 2.05) is 13.2 Å². The van der Waals surface area contributed by atoms with Crippen molar-refractivity contribution in [3.63, 3.8) is 0 Å². The summed E-state index contributed by atoms with van der Waals surface area (Å²) < 4.78 is 3.09. The van der Waals surface area contributed by atoms with Crippen LogP contribution in [0.25, 0.3) is 33.4 Å². The van der Waals surface area contributed by atoms with Gasteiger partial charge in [-0.2, -0.15) is 5.10 Å². The molecule has 0 radical (unpaired) electrons. The molecule has 1 N–H and O–H groups in total. The molecule has 0 aromatic carbocycles. The summed E-state index contributed by atoms with van der Waals surface area (Å²) in [5.41, 5.74) is 2.82. The fraction of sp³-hybridized carbons (Fsp3) is 0.263. The number of rotatable bonds is 4. The molecule has 4 aromatic heterocycles. The molecule has 0 unspecified atom stereocenters. The lowest BCUT2D eigenvalue weighted by molar-refractivity contribution is 0.236. The average Bonchev–Trinajstić information content (AvgIpc) is 3.14. The van der Waals surface area contributed by atoms with E-state index in [4.69, 9.17) is 4.98 Å². The van der Waals surface area contributed by atoms with Gasteiger partial charge in [-0.25, -0.2) is 19.9 Å². The summed E-state index contributed by atoms with van der Waals surface area (Å²) in [4.78, 5) is 30.7. The Kier molecular flexibility index (Phi) is 4.44. The van der Waals surface area contributed by atoms with Gasteiger partial charge in [0.25, 0.3) is 5.56 Å². The Hall–Kier alpha value is -3.46. The van der Waals surface area contributed by atoms with Gasteiger partial charge in [-0.15, -0.1) is 0 Å². The predicted octanol–water partition coefficient (Wildman–Crippen LogP) is 1.51. The van der Waals surface area contributed by atoms with Crippen LogP contribution in [0.5, 0.6) is 0 Å². The van der Waals surface area contributed by atoms with Gasteiger partial charge >= 0.3 is 0 Å². The molecule has 0 aliphatic rings. The van der Waals surface area contributed by atoms with E-state index in [0.29, 0.717) is 33.7 Å². The molecular weight excluding hydrogens is 358 g/mol. The Labute approximate surface area is 160 Å². The van der Waals surface area contributed by atoms with E-state index in [9.17, 15) is 9.90 Å². The second kappa shape index (κ2) is 6.93. The van der Waals surface area contributed by atoms with Gasteiger partial charge in [-0.05, 0) is 19.9 Å². The van der Waals surface area contributed by atoms with Crippen molar-refractivity contribution >= 4 is 10.9 Å². The van der Waals surface area contributed by atoms with E-state index in [1.165, 1.54) is 10.9 Å². The standard InChI is InChI=1S/C19H19N7O2/c1-11(9-27)26-10-22-18-15(19(26)28)4-16(13-5-20-12(2)21-6-13)24-17(18)14-7-23-25(3)8-14/h4-8,10-11,27H,9H2,1-3H3/t11-/m0/s1. The molecule has 142 valence electrons. The minimum absolute atomic E-state index is 0.160. The number of nitrogens with zero attached hydrogens (tertiary/aromatic N) is 7. The van der Waals surface area contributed by atoms with Gasteiger partial charge in [0.05, 0.1) is 36.3 Å². The van der Waals surface area contributed by atoms with Crippen LogP contribution in [0, 0.1) is 6.92 Å². The fourth-order valence-corrected chi connectivity index (χ4v) is 2.96. The summed E-state index contributed by atoms with van der Waals surface area (Å²) >= 11 is 0. The Morgan fingerprint density at radius 2 is 1.89 bits per heavy atom. The topological polar surface area (TPSA) is 112 Å². The van der Waals surface area contributed by atoms with Gasteiger partial charge in [0.15, 0.2) is 0 Å². The zero-order valence-electron chi connectivity index (χ0n) is 15.7. The third-order valence-corrected chi connectivity index (χ3v) is 4.56. The molecule has 0 saturated carbocycles. The molecule has 28 heavy (non-hydrogen) atoms. The molecule has 0 spiro atoms. The minimum atomic E-state index is -0.384. The number of aryl methyl sites for hydroxylation is 2. The number of aliphatic hydroxyl groups is 1. The van der Waals surface area contributed by atoms with Gasteiger partial charge in [0.1, 0.15) is 17.0 Å². The maximum absolute atomic E-state index is 13.1. The van der Waals surface area contributed by atoms with Crippen LogP contribution in [-0.2, 0) is 7.05 Å². The first-order valence-electron chi connectivity index (χ1n) is 8.78. The molecule has 4 aromatic rings. The number of hydrogen-bond acceptors (Lipinski definition) is 7. The van der Waals surface area contributed by atoms with E-state index < -0.39 is 0 Å². The van der Waals surface area contributed by atoms with Crippen molar-refractivity contribution in [2.45, 2.75) is 19.9 Å². The third-order valence-electron chi connectivity index (χ3n) is 4.56. The predicted molar refractivity (Wildman–Crippen MR) is 104 cm³/mol. The zero-order chi connectivity index (χ0) is 19.8. The first-order chi connectivity index (χ1) is 13.5. The van der Waals surface area contributed by atoms with Crippen molar-refractivity contribution in [1.82, 2.24) is 34.3 Å². The summed E-state index contributed by atoms with van der Waals surface area (Å²) in [6.45, 7) is 3.40. The van der Waals surface area contributed by atoms with Crippen LogP contribution >= 0.6 is 0 Å². The highest BCUT2D eigenvalue weighted by molar-refractivity contribution is 5.93. The van der Waals surface area contributed by atoms with E-state index >= 15 is 0 Å². The molecule has 4 heterocycles. The molecule has 0 aliphatic heterocycles. The van der Waals surface area contributed by atoms with Crippen LogP contribution in [0.4, 0.5) is 0 Å². The van der Waals surface area contributed by atoms with Gasteiger partial charge < -0.3 is 5.11 Å². The number of fused-ring (bicyclic) bond motifs is 1. The van der Waals surface area contributed by atoms with Gasteiger partial charge in [-0.1, -0.05) is 0 Å². The quantitative estimate of drug-likeness (QED) is 0.574. The summed E-state index contributed by atoms with van der Waals surface area (Å²) in [6.07, 6.45) is 8.30. The number of hydrogen-bond donors (Lipinski definition) is 1. The van der Waals surface area contributed by atoms with Crippen LogP contribution in [0.15, 0.2) is 42.0 Å². The number of aromatic nitrogens is 7. The third kappa shape index (κ3) is 3.05. The minimum Gasteiger partial charge on any atom is -0.394 e. The molecule has 9 nitrogen and oxygen atoms in total. The van der Waals surface area contributed by atoms with E-state index in [-0.39, 0.29) is 18.2 Å². The first-order valence-corrected chi connectivity index (χ1v) is 8.78. The molecule has 0 aliphatic carbocycles. The maximum Gasteiger partial charge on any atom is 0.261 e. The highest BCUT2D eigenvalue weighted by Gasteiger charge is 2.17. The van der Waals surface area contributed by atoms with Gasteiger partial charge in [0.2, 0.25) is 0 Å². The second-order valence-electron chi connectivity index (χ2n) is 6.66. The van der Waals surface area contributed by atoms with Crippen molar-refractivity contribution in [3.8, 4) is 22.5 Å². The van der Waals surface area contributed by atoms with Gasteiger partial charge in [-0.3, -0.25) is 14.0 Å². The fourth-order valence-electron chi connectivity index (χ4n) is 2.96. The number of aliphatic hydroxyl groups excluding tert-OH is 1. The van der Waals surface area contributed by atoms with Crippen molar-refractivity contribution in [2.24, 2.45) is 7.05 Å². The monoisotopic (exact) mass is 377 g/mol. The Bertz CT molecular complexity index is 1210. The molecule has 0 saturated heterocycles. The Balaban J connectivity index is 2.04. The van der Waals surface area contributed by atoms with E-state index in [1.54, 1.807) is 43.2 Å². The van der Waals surface area contributed by atoms with Crippen LogP contribution < -0.4 is 5.56 Å². The van der Waals surface area contributed by atoms with Crippen molar-refractivity contribution in [2.75, 3.05) is 6.61 Å². The summed E-state index contributed by atoms with van der Waals surface area (Å²) in [6, 6.07) is 1.31. The normalized spacial score (nSPS) is 12.4. The average molecular weight is 377 g/mol. The van der Waals surface area contributed by atoms with Crippen LogP contribution in [0.3, 0.4) is 0 Å². The Morgan fingerprint density at radius 1 is 1.14 bits per heavy atom. The lowest BCUT2D eigenvalue weighted by Crippen LogP contribution is -2.25. The molecule has 0 bridgehead atoms. The summed E-state index contributed by atoms with van der Waals surface area (Å²) in [5, 5.41) is 14.1. The molecular formula is C19H19N7O2. The molecule has 4 rings (SSSR count). The number of pyridine rings is 1. The largest absolute Gasteiger partial charge is 0.394 e. The smallest absolute Gasteiger partial charge is 0.261 e. The maximum atomic E-state index is 13.1. The SMILES string of the molecule is Cc1ncc(-c2cc3c(=O)n([C@@H](C)CO)cnc3c(-c3cnn(C)c3)n2)cn1. The molecule has 1 atom stereocenters. The van der Waals surface area contributed by atoms with Crippen LogP contribution in [0.1, 0.15) is 18.8 Å². The highest BCUT2D eigenvalue weighted by atomic mass is 16.3. The summed E-state index contributed by atoms with van der Waals surface area (Å²) in [7, 11) is 1.81. The van der Waals surface area contributed by atoms with Crippen molar-refractivity contribution < 1.29 is 5.11 Å². The lowest BCUT2D eigenvalue weighted by Gasteiger charge is -2.14. The first kappa shape index (κ1) is 17.9. The van der Waals surface area contributed by atoms with Crippen molar-refractivity contribution in [3.05, 3.63) is 53.4 Å². The van der Waals surface area contributed by atoms with Gasteiger partial charge in [0, 0.05) is 36.8 Å². The van der Waals surface area contributed by atoms with Crippen molar-refractivity contribution in [1.29, 1.82) is 0 Å². The lowest BCUT2D eigenvalue weighted by atomic mass is 10.1.